The first kappa shape index (κ1) is 11.2. The van der Waals surface area contributed by atoms with E-state index >= 15 is 0 Å². The van der Waals surface area contributed by atoms with E-state index in [2.05, 4.69) is 25.9 Å². The zero-order valence-corrected chi connectivity index (χ0v) is 11.1. The van der Waals surface area contributed by atoms with Crippen LogP contribution >= 0.6 is 15.9 Å². The predicted molar refractivity (Wildman–Crippen MR) is 77.1 cm³/mol. The quantitative estimate of drug-likeness (QED) is 0.698. The summed E-state index contributed by atoms with van der Waals surface area (Å²) in [6.45, 7) is 0. The minimum absolute atomic E-state index is 0.722. The van der Waals surface area contributed by atoms with Crippen molar-refractivity contribution in [2.24, 2.45) is 0 Å². The van der Waals surface area contributed by atoms with Gasteiger partial charge in [0.15, 0.2) is 5.82 Å². The van der Waals surface area contributed by atoms with Gasteiger partial charge < -0.3 is 5.73 Å². The molecule has 2 N–H and O–H groups in total. The van der Waals surface area contributed by atoms with Gasteiger partial charge in [-0.1, -0.05) is 28.1 Å². The molecule has 3 rings (SSSR count). The van der Waals surface area contributed by atoms with E-state index < -0.39 is 0 Å². The van der Waals surface area contributed by atoms with Gasteiger partial charge in [-0.3, -0.25) is 0 Å². The molecule has 0 spiro atoms. The molecule has 0 aliphatic heterocycles. The molecule has 0 aliphatic rings. The van der Waals surface area contributed by atoms with Gasteiger partial charge in [0.1, 0.15) is 0 Å². The Bertz CT molecular complexity index is 708. The number of nitrogens with two attached hydrogens (primary N) is 1. The van der Waals surface area contributed by atoms with Gasteiger partial charge in [0, 0.05) is 27.3 Å². The highest BCUT2D eigenvalue weighted by Crippen LogP contribution is 2.21. The number of nitrogen functional groups attached to an aromatic ring is 1. The SMILES string of the molecule is Nc1ccc2nc(-c3ccc(Br)cc3)ncc2c1. The second kappa shape index (κ2) is 4.38. The molecule has 1 heterocycles. The smallest absolute Gasteiger partial charge is 0.159 e. The van der Waals surface area contributed by atoms with E-state index in [1.54, 1.807) is 6.20 Å². The fourth-order valence-electron chi connectivity index (χ4n) is 1.79. The normalized spacial score (nSPS) is 10.7. The molecule has 0 radical (unpaired) electrons. The van der Waals surface area contributed by atoms with Gasteiger partial charge in [0.25, 0.3) is 0 Å². The molecule has 2 aromatic carbocycles. The van der Waals surface area contributed by atoms with E-state index in [-0.39, 0.29) is 0 Å². The third kappa shape index (κ3) is 2.07. The zero-order valence-electron chi connectivity index (χ0n) is 9.47. The van der Waals surface area contributed by atoms with Crippen LogP contribution in [-0.2, 0) is 0 Å². The van der Waals surface area contributed by atoms with Gasteiger partial charge in [0.2, 0.25) is 0 Å². The van der Waals surface area contributed by atoms with Crippen LogP contribution in [0.5, 0.6) is 0 Å². The van der Waals surface area contributed by atoms with E-state index in [4.69, 9.17) is 5.73 Å². The Hall–Kier alpha value is -1.94. The molecular weight excluding hydrogens is 290 g/mol. The minimum atomic E-state index is 0.722. The van der Waals surface area contributed by atoms with Crippen LogP contribution in [0.1, 0.15) is 0 Å². The molecule has 0 saturated heterocycles. The molecule has 0 saturated carbocycles. The lowest BCUT2D eigenvalue weighted by atomic mass is 10.2. The summed E-state index contributed by atoms with van der Waals surface area (Å²) in [5.74, 6) is 0.722. The van der Waals surface area contributed by atoms with Crippen molar-refractivity contribution >= 4 is 32.5 Å². The predicted octanol–water partition coefficient (Wildman–Crippen LogP) is 3.64. The van der Waals surface area contributed by atoms with E-state index in [0.29, 0.717) is 0 Å². The Kier molecular flexibility index (Phi) is 2.72. The third-order valence-corrected chi connectivity index (χ3v) is 3.23. The van der Waals surface area contributed by atoms with E-state index in [1.807, 2.05) is 42.5 Å². The van der Waals surface area contributed by atoms with Gasteiger partial charge in [-0.15, -0.1) is 0 Å². The Labute approximate surface area is 113 Å². The van der Waals surface area contributed by atoms with Gasteiger partial charge >= 0.3 is 0 Å². The molecule has 1 aromatic heterocycles. The maximum atomic E-state index is 5.73. The Morgan fingerprint density at radius 2 is 1.78 bits per heavy atom. The molecule has 4 heteroatoms. The lowest BCUT2D eigenvalue weighted by Crippen LogP contribution is -1.91. The number of fused-ring (bicyclic) bond motifs is 1. The lowest BCUT2D eigenvalue weighted by Gasteiger charge is -2.03. The van der Waals surface area contributed by atoms with Crippen LogP contribution in [0.2, 0.25) is 0 Å². The van der Waals surface area contributed by atoms with Crippen molar-refractivity contribution in [2.75, 3.05) is 5.73 Å². The number of anilines is 1. The molecule has 88 valence electrons. The van der Waals surface area contributed by atoms with Gasteiger partial charge in [-0.25, -0.2) is 9.97 Å². The third-order valence-electron chi connectivity index (χ3n) is 2.71. The summed E-state index contributed by atoms with van der Waals surface area (Å²) >= 11 is 3.41. The summed E-state index contributed by atoms with van der Waals surface area (Å²) in [5, 5.41) is 0.955. The summed E-state index contributed by atoms with van der Waals surface area (Å²) in [6.07, 6.45) is 1.80. The monoisotopic (exact) mass is 299 g/mol. The fourth-order valence-corrected chi connectivity index (χ4v) is 2.05. The maximum absolute atomic E-state index is 5.73. The molecular formula is C14H10BrN3. The molecule has 0 unspecified atom stereocenters. The van der Waals surface area contributed by atoms with Crippen LogP contribution in [0.3, 0.4) is 0 Å². The fraction of sp³-hybridized carbons (Fsp3) is 0. The molecule has 3 nitrogen and oxygen atoms in total. The van der Waals surface area contributed by atoms with Crippen molar-refractivity contribution in [1.29, 1.82) is 0 Å². The minimum Gasteiger partial charge on any atom is -0.399 e. The van der Waals surface area contributed by atoms with Crippen molar-refractivity contribution in [3.05, 3.63) is 53.1 Å². The summed E-state index contributed by atoms with van der Waals surface area (Å²) in [7, 11) is 0. The first-order chi connectivity index (χ1) is 8.72. The summed E-state index contributed by atoms with van der Waals surface area (Å²) in [4.78, 5) is 8.90. The number of aromatic nitrogens is 2. The molecule has 18 heavy (non-hydrogen) atoms. The number of hydrogen-bond donors (Lipinski definition) is 1. The average Bonchev–Trinajstić information content (AvgIpc) is 2.39. The van der Waals surface area contributed by atoms with E-state index in [1.165, 1.54) is 0 Å². The van der Waals surface area contributed by atoms with Crippen LogP contribution in [0, 0.1) is 0 Å². The highest BCUT2D eigenvalue weighted by atomic mass is 79.9. The summed E-state index contributed by atoms with van der Waals surface area (Å²) in [5.41, 5.74) is 8.35. The maximum Gasteiger partial charge on any atom is 0.159 e. The molecule has 3 aromatic rings. The topological polar surface area (TPSA) is 51.8 Å². The highest BCUT2D eigenvalue weighted by Gasteiger charge is 2.03. The number of rotatable bonds is 1. The van der Waals surface area contributed by atoms with E-state index in [0.717, 1.165) is 32.5 Å². The number of benzene rings is 2. The van der Waals surface area contributed by atoms with Crippen molar-refractivity contribution in [3.8, 4) is 11.4 Å². The van der Waals surface area contributed by atoms with E-state index in [9.17, 15) is 0 Å². The second-order valence-corrected chi connectivity index (χ2v) is 4.93. The molecule has 0 amide bonds. The standard InChI is InChI=1S/C14H10BrN3/c15-11-3-1-9(2-4-11)14-17-8-10-7-12(16)5-6-13(10)18-14/h1-8H,16H2. The van der Waals surface area contributed by atoms with Crippen LogP contribution in [0.4, 0.5) is 5.69 Å². The number of nitrogens with zero attached hydrogens (tertiary/aromatic N) is 2. The first-order valence-electron chi connectivity index (χ1n) is 5.50. The average molecular weight is 300 g/mol. The van der Waals surface area contributed by atoms with Crippen molar-refractivity contribution in [1.82, 2.24) is 9.97 Å². The first-order valence-corrected chi connectivity index (χ1v) is 6.30. The summed E-state index contributed by atoms with van der Waals surface area (Å²) in [6, 6.07) is 13.6. The van der Waals surface area contributed by atoms with Crippen molar-refractivity contribution in [3.63, 3.8) is 0 Å². The van der Waals surface area contributed by atoms with Crippen LogP contribution < -0.4 is 5.73 Å². The molecule has 0 bridgehead atoms. The van der Waals surface area contributed by atoms with Gasteiger partial charge in [0.05, 0.1) is 5.52 Å². The second-order valence-electron chi connectivity index (χ2n) is 4.02. The van der Waals surface area contributed by atoms with Crippen LogP contribution in [0.15, 0.2) is 53.1 Å². The molecule has 0 atom stereocenters. The lowest BCUT2D eigenvalue weighted by molar-refractivity contribution is 1.23. The molecule has 0 fully saturated rings. The summed E-state index contributed by atoms with van der Waals surface area (Å²) < 4.78 is 1.04. The Morgan fingerprint density at radius 3 is 2.56 bits per heavy atom. The number of halogens is 1. The van der Waals surface area contributed by atoms with Crippen LogP contribution in [0.25, 0.3) is 22.3 Å². The van der Waals surface area contributed by atoms with Crippen molar-refractivity contribution < 1.29 is 0 Å². The Balaban J connectivity index is 2.13. The van der Waals surface area contributed by atoms with Gasteiger partial charge in [-0.2, -0.15) is 0 Å². The zero-order chi connectivity index (χ0) is 12.5. The molecule has 0 aliphatic carbocycles. The highest BCUT2D eigenvalue weighted by molar-refractivity contribution is 9.10. The van der Waals surface area contributed by atoms with Gasteiger partial charge in [-0.05, 0) is 30.3 Å². The largest absolute Gasteiger partial charge is 0.399 e. The Morgan fingerprint density at radius 1 is 1.00 bits per heavy atom. The van der Waals surface area contributed by atoms with Crippen molar-refractivity contribution in [2.45, 2.75) is 0 Å². The van der Waals surface area contributed by atoms with Crippen LogP contribution in [-0.4, -0.2) is 9.97 Å². The number of hydrogen-bond acceptors (Lipinski definition) is 3.